The van der Waals surface area contributed by atoms with Gasteiger partial charge in [-0.05, 0) is 5.92 Å². The minimum Gasteiger partial charge on any atom is -0.384 e. The Bertz CT molecular complexity index is 104. The van der Waals surface area contributed by atoms with Gasteiger partial charge >= 0.3 is 5.97 Å². The Morgan fingerprint density at radius 3 is 2.70 bits per heavy atom. The summed E-state index contributed by atoms with van der Waals surface area (Å²) in [6, 6.07) is 0. The molecule has 0 saturated carbocycles. The smallest absolute Gasteiger partial charge is 0.317 e. The van der Waals surface area contributed by atoms with E-state index in [1.165, 1.54) is 0 Å². The van der Waals surface area contributed by atoms with E-state index < -0.39 is 0 Å². The lowest BCUT2D eigenvalue weighted by Crippen LogP contribution is -2.04. The molecule has 0 spiro atoms. The van der Waals surface area contributed by atoms with E-state index in [2.05, 4.69) is 27.0 Å². The Morgan fingerprint density at radius 1 is 1.70 bits per heavy atom. The van der Waals surface area contributed by atoms with Gasteiger partial charge in [-0.25, -0.2) is 0 Å². The van der Waals surface area contributed by atoms with E-state index in [1.54, 1.807) is 0 Å². The van der Waals surface area contributed by atoms with Crippen molar-refractivity contribution in [2.45, 2.75) is 33.1 Å². The van der Waals surface area contributed by atoms with E-state index in [4.69, 9.17) is 0 Å². The van der Waals surface area contributed by atoms with Crippen LogP contribution in [0.3, 0.4) is 0 Å². The van der Waals surface area contributed by atoms with Crippen molar-refractivity contribution in [3.8, 4) is 0 Å². The summed E-state index contributed by atoms with van der Waals surface area (Å²) in [5.41, 5.74) is 0. The molecule has 0 bridgehead atoms. The van der Waals surface area contributed by atoms with Gasteiger partial charge in [0.15, 0.2) is 16.3 Å². The van der Waals surface area contributed by atoms with Gasteiger partial charge < -0.3 is 3.83 Å². The minimum absolute atomic E-state index is 0.180. The molecule has 0 aliphatic heterocycles. The molecule has 0 aromatic heterocycles. The van der Waals surface area contributed by atoms with Crippen LogP contribution in [-0.4, -0.2) is 5.97 Å². The molecular weight excluding hydrogens is 196 g/mol. The molecule has 10 heavy (non-hydrogen) atoms. The molecule has 1 atom stereocenters. The number of halogens is 1. The van der Waals surface area contributed by atoms with Crippen LogP contribution in [0.5, 0.6) is 0 Å². The van der Waals surface area contributed by atoms with Crippen LogP contribution in [0.2, 0.25) is 0 Å². The Balaban J connectivity index is 3.37. The number of carbonyl (C=O) groups is 1. The molecule has 0 rings (SSSR count). The minimum atomic E-state index is -0.180. The van der Waals surface area contributed by atoms with E-state index in [1.807, 2.05) is 6.92 Å². The summed E-state index contributed by atoms with van der Waals surface area (Å²) in [7, 11) is 0. The van der Waals surface area contributed by atoms with Gasteiger partial charge in [-0.15, -0.1) is 0 Å². The summed E-state index contributed by atoms with van der Waals surface area (Å²) in [4.78, 5) is 10.6. The Hall–Kier alpha value is -0.0500. The molecule has 3 heteroatoms. The number of hydrogen-bond donors (Lipinski definition) is 0. The van der Waals surface area contributed by atoms with Crippen LogP contribution in [-0.2, 0) is 8.62 Å². The van der Waals surface area contributed by atoms with Gasteiger partial charge in [0.2, 0.25) is 0 Å². The molecule has 0 aliphatic carbocycles. The lowest BCUT2D eigenvalue weighted by molar-refractivity contribution is -0.133. The van der Waals surface area contributed by atoms with Gasteiger partial charge in [0.05, 0.1) is 0 Å². The van der Waals surface area contributed by atoms with Gasteiger partial charge in [0.1, 0.15) is 0 Å². The fourth-order valence-electron chi connectivity index (χ4n) is 0.911. The van der Waals surface area contributed by atoms with Crippen LogP contribution in [0.1, 0.15) is 33.1 Å². The second kappa shape index (κ2) is 5.71. The van der Waals surface area contributed by atoms with Crippen LogP contribution in [0.15, 0.2) is 0 Å². The highest BCUT2D eigenvalue weighted by molar-refractivity contribution is 9.06. The highest BCUT2D eigenvalue weighted by atomic mass is 79.9. The van der Waals surface area contributed by atoms with Crippen molar-refractivity contribution in [3.05, 3.63) is 0 Å². The van der Waals surface area contributed by atoms with Gasteiger partial charge in [-0.2, -0.15) is 0 Å². The quantitative estimate of drug-likeness (QED) is 0.711. The van der Waals surface area contributed by atoms with Crippen LogP contribution >= 0.6 is 16.3 Å². The Kier molecular flexibility index (Phi) is 5.69. The molecule has 0 N–H and O–H groups in total. The zero-order valence-electron chi connectivity index (χ0n) is 6.39. The molecule has 0 radical (unpaired) electrons. The SMILES string of the molecule is CCCC(C)CC(=O)OBr. The first kappa shape index (κ1) is 9.95. The van der Waals surface area contributed by atoms with Crippen LogP contribution in [0.25, 0.3) is 0 Å². The maximum absolute atomic E-state index is 10.6. The van der Waals surface area contributed by atoms with Gasteiger partial charge in [0, 0.05) is 6.42 Å². The molecule has 0 heterocycles. The zero-order chi connectivity index (χ0) is 7.98. The average molecular weight is 209 g/mol. The van der Waals surface area contributed by atoms with Crippen LogP contribution in [0.4, 0.5) is 0 Å². The summed E-state index contributed by atoms with van der Waals surface area (Å²) in [5.74, 6) is 0.260. The standard InChI is InChI=1S/C7H13BrO2/c1-3-4-6(2)5-7(9)10-8/h6H,3-5H2,1-2H3. The maximum atomic E-state index is 10.6. The van der Waals surface area contributed by atoms with Crippen molar-refractivity contribution in [1.29, 1.82) is 0 Å². The first-order valence-electron chi connectivity index (χ1n) is 3.52. The van der Waals surface area contributed by atoms with Crippen molar-refractivity contribution in [2.75, 3.05) is 0 Å². The lowest BCUT2D eigenvalue weighted by Gasteiger charge is -2.05. The molecule has 0 aliphatic rings. The molecular formula is C7H13BrO2. The summed E-state index contributed by atoms with van der Waals surface area (Å²) in [5, 5.41) is 0. The van der Waals surface area contributed by atoms with Crippen molar-refractivity contribution in [1.82, 2.24) is 0 Å². The monoisotopic (exact) mass is 208 g/mol. The third kappa shape index (κ3) is 4.79. The normalized spacial score (nSPS) is 12.7. The predicted octanol–water partition coefficient (Wildman–Crippen LogP) is 2.67. The Labute approximate surface area is 70.4 Å². The topological polar surface area (TPSA) is 26.3 Å². The van der Waals surface area contributed by atoms with E-state index >= 15 is 0 Å². The fourth-order valence-corrected chi connectivity index (χ4v) is 1.04. The zero-order valence-corrected chi connectivity index (χ0v) is 7.98. The van der Waals surface area contributed by atoms with Gasteiger partial charge in [0.25, 0.3) is 0 Å². The third-order valence-electron chi connectivity index (χ3n) is 1.38. The maximum Gasteiger partial charge on any atom is 0.317 e. The molecule has 0 amide bonds. The largest absolute Gasteiger partial charge is 0.384 e. The molecule has 1 unspecified atom stereocenters. The van der Waals surface area contributed by atoms with Crippen molar-refractivity contribution in [2.24, 2.45) is 5.92 Å². The third-order valence-corrected chi connectivity index (χ3v) is 1.74. The predicted molar refractivity (Wildman–Crippen MR) is 43.7 cm³/mol. The summed E-state index contributed by atoms with van der Waals surface area (Å²) >= 11 is 2.64. The number of carbonyl (C=O) groups excluding carboxylic acids is 1. The second-order valence-electron chi connectivity index (χ2n) is 2.55. The first-order chi connectivity index (χ1) is 4.70. The van der Waals surface area contributed by atoms with E-state index in [9.17, 15) is 4.79 Å². The van der Waals surface area contributed by atoms with E-state index in [0.29, 0.717) is 12.3 Å². The summed E-state index contributed by atoms with van der Waals surface area (Å²) in [6.45, 7) is 4.16. The average Bonchev–Trinajstić information content (AvgIpc) is 1.88. The molecule has 0 fully saturated rings. The van der Waals surface area contributed by atoms with Crippen LogP contribution in [0, 0.1) is 5.92 Å². The molecule has 0 saturated heterocycles. The van der Waals surface area contributed by atoms with Crippen LogP contribution < -0.4 is 0 Å². The van der Waals surface area contributed by atoms with Gasteiger partial charge in [-0.3, -0.25) is 4.79 Å². The van der Waals surface area contributed by atoms with E-state index in [0.717, 1.165) is 12.8 Å². The number of hydrogen-bond acceptors (Lipinski definition) is 2. The molecule has 0 aromatic rings. The van der Waals surface area contributed by atoms with Crippen molar-refractivity contribution in [3.63, 3.8) is 0 Å². The fraction of sp³-hybridized carbons (Fsp3) is 0.857. The van der Waals surface area contributed by atoms with E-state index in [-0.39, 0.29) is 5.97 Å². The first-order valence-corrected chi connectivity index (χ1v) is 4.16. The molecule has 0 aromatic carbocycles. The second-order valence-corrected chi connectivity index (χ2v) is 2.87. The highest BCUT2D eigenvalue weighted by Gasteiger charge is 2.07. The van der Waals surface area contributed by atoms with Crippen molar-refractivity contribution >= 4 is 22.2 Å². The molecule has 60 valence electrons. The summed E-state index contributed by atoms with van der Waals surface area (Å²) < 4.78 is 4.34. The van der Waals surface area contributed by atoms with Crippen molar-refractivity contribution < 1.29 is 8.62 Å². The summed E-state index contributed by atoms with van der Waals surface area (Å²) in [6.07, 6.45) is 2.72. The molecule has 2 nitrogen and oxygen atoms in total. The highest BCUT2D eigenvalue weighted by Crippen LogP contribution is 2.11. The van der Waals surface area contributed by atoms with Gasteiger partial charge in [-0.1, -0.05) is 26.7 Å². The number of rotatable bonds is 4. The lowest BCUT2D eigenvalue weighted by atomic mass is 10.0. The Morgan fingerprint density at radius 2 is 2.30 bits per heavy atom.